The van der Waals surface area contributed by atoms with E-state index >= 15 is 0 Å². The van der Waals surface area contributed by atoms with Crippen LogP contribution in [0.15, 0.2) is 65.7 Å². The second-order valence-corrected chi connectivity index (χ2v) is 13.6. The average molecular weight is 687 g/mol. The van der Waals surface area contributed by atoms with E-state index in [0.717, 1.165) is 16.1 Å². The number of carbonyl (C=O) groups is 3. The predicted molar refractivity (Wildman–Crippen MR) is 171 cm³/mol. The van der Waals surface area contributed by atoms with Gasteiger partial charge in [-0.05, 0) is 49.6 Å². The second kappa shape index (κ2) is 14.1. The van der Waals surface area contributed by atoms with E-state index in [9.17, 15) is 36.8 Å². The number of nitrogens with zero attached hydrogens (tertiary/aromatic N) is 5. The number of carbonyl (C=O) groups excluding carboxylic acids is 3. The fraction of sp³-hybridized carbons (Fsp3) is 0.375. The maximum atomic E-state index is 14.7. The Kier molecular flexibility index (Phi) is 10.6. The van der Waals surface area contributed by atoms with Crippen LogP contribution >= 0.6 is 11.6 Å². The second-order valence-electron chi connectivity index (χ2n) is 11.2. The van der Waals surface area contributed by atoms with Crippen molar-refractivity contribution in [1.82, 2.24) is 15.3 Å². The highest BCUT2D eigenvalue weighted by Gasteiger charge is 2.45. The third kappa shape index (κ3) is 7.74. The van der Waals surface area contributed by atoms with Gasteiger partial charge in [-0.1, -0.05) is 43.3 Å². The molecule has 3 amide bonds. The van der Waals surface area contributed by atoms with Crippen LogP contribution < -0.4 is 15.1 Å². The zero-order valence-electron chi connectivity index (χ0n) is 24.6. The zero-order chi connectivity index (χ0) is 33.2. The summed E-state index contributed by atoms with van der Waals surface area (Å²) in [5, 5.41) is 12.3. The molecule has 15 heteroatoms. The lowest BCUT2D eigenvalue weighted by atomic mass is 9.91. The van der Waals surface area contributed by atoms with Crippen LogP contribution in [0.25, 0.3) is 0 Å². The van der Waals surface area contributed by atoms with E-state index in [0.29, 0.717) is 0 Å². The molecule has 2 fully saturated rings. The molecule has 1 aliphatic carbocycles. The molecule has 0 unspecified atom stereocenters. The van der Waals surface area contributed by atoms with Crippen LogP contribution in [0.1, 0.15) is 63.3 Å². The third-order valence-electron chi connectivity index (χ3n) is 8.00. The minimum absolute atomic E-state index is 0. The van der Waals surface area contributed by atoms with Gasteiger partial charge in [0.2, 0.25) is 23.7 Å². The maximum Gasteiger partial charge on any atom is 0.251 e. The maximum absolute atomic E-state index is 14.7. The van der Waals surface area contributed by atoms with E-state index in [2.05, 4.69) is 15.3 Å². The molecule has 5 rings (SSSR count). The van der Waals surface area contributed by atoms with Gasteiger partial charge in [0.25, 0.3) is 5.91 Å². The molecule has 248 valence electrons. The molecule has 2 aliphatic rings. The standard InChI is InChI=1S/C31H29ClF2N6O5S.CH4/c1-46(44,45)22-6-4-5-21(17-22)39(29(43)25-9-10-26(41)40(25)30-36-16-13-20(18-35)38-30)27(23-7-2-3-8-24(23)32)28(42)37-19-11-14-31(33,34)15-12-19;/h2-8,13,16-17,19,25,27H,9-12,14-15H2,1H3,(H,37,42);1H4/t25-,27-;/m0./s1. The van der Waals surface area contributed by atoms with Crippen molar-refractivity contribution >= 4 is 50.8 Å². The molecule has 2 heterocycles. The summed E-state index contributed by atoms with van der Waals surface area (Å²) in [6.45, 7) is 0. The molecule has 11 nitrogen and oxygen atoms in total. The van der Waals surface area contributed by atoms with Gasteiger partial charge < -0.3 is 5.32 Å². The third-order valence-corrected chi connectivity index (χ3v) is 9.46. The number of sulfone groups is 1. The van der Waals surface area contributed by atoms with Crippen molar-refractivity contribution in [2.24, 2.45) is 0 Å². The summed E-state index contributed by atoms with van der Waals surface area (Å²) < 4.78 is 52.9. The Morgan fingerprint density at radius 2 is 1.83 bits per heavy atom. The molecule has 2 aromatic carbocycles. The monoisotopic (exact) mass is 686 g/mol. The summed E-state index contributed by atoms with van der Waals surface area (Å²) in [6.07, 6.45) is 1.35. The van der Waals surface area contributed by atoms with E-state index in [1.165, 1.54) is 48.7 Å². The number of hydrogen-bond acceptors (Lipinski definition) is 8. The number of benzene rings is 2. The van der Waals surface area contributed by atoms with Crippen molar-refractivity contribution in [2.75, 3.05) is 16.1 Å². The lowest BCUT2D eigenvalue weighted by Crippen LogP contribution is -2.53. The van der Waals surface area contributed by atoms with Gasteiger partial charge in [0.05, 0.1) is 4.90 Å². The van der Waals surface area contributed by atoms with E-state index in [1.54, 1.807) is 12.1 Å². The highest BCUT2D eigenvalue weighted by Crippen LogP contribution is 2.38. The van der Waals surface area contributed by atoms with E-state index in [-0.39, 0.29) is 65.9 Å². The van der Waals surface area contributed by atoms with Gasteiger partial charge in [0, 0.05) is 54.0 Å². The molecule has 2 atom stereocenters. The van der Waals surface area contributed by atoms with Gasteiger partial charge in [-0.2, -0.15) is 5.26 Å². The van der Waals surface area contributed by atoms with Gasteiger partial charge in [0.1, 0.15) is 23.8 Å². The lowest BCUT2D eigenvalue weighted by molar-refractivity contribution is -0.128. The number of aromatic nitrogens is 2. The highest BCUT2D eigenvalue weighted by atomic mass is 35.5. The summed E-state index contributed by atoms with van der Waals surface area (Å²) >= 11 is 6.60. The number of hydrogen-bond donors (Lipinski definition) is 1. The minimum Gasteiger partial charge on any atom is -0.351 e. The van der Waals surface area contributed by atoms with Crippen molar-refractivity contribution < 1.29 is 31.6 Å². The van der Waals surface area contributed by atoms with E-state index in [1.807, 2.05) is 6.07 Å². The number of rotatable bonds is 8. The molecule has 0 spiro atoms. The molecule has 47 heavy (non-hydrogen) atoms. The zero-order valence-corrected chi connectivity index (χ0v) is 26.1. The number of alkyl halides is 2. The van der Waals surface area contributed by atoms with Crippen molar-refractivity contribution in [2.45, 2.75) is 74.9 Å². The Morgan fingerprint density at radius 1 is 1.13 bits per heavy atom. The number of amides is 3. The quantitative estimate of drug-likeness (QED) is 0.347. The molecule has 3 aromatic rings. The first-order valence-corrected chi connectivity index (χ1v) is 16.7. The van der Waals surface area contributed by atoms with Crippen LogP contribution in [0.2, 0.25) is 5.02 Å². The van der Waals surface area contributed by atoms with E-state index < -0.39 is 64.4 Å². The lowest BCUT2D eigenvalue weighted by Gasteiger charge is -2.37. The Bertz CT molecular complexity index is 1830. The van der Waals surface area contributed by atoms with Crippen LogP contribution in [0.3, 0.4) is 0 Å². The summed E-state index contributed by atoms with van der Waals surface area (Å²) in [7, 11) is -3.78. The van der Waals surface area contributed by atoms with Gasteiger partial charge in [-0.15, -0.1) is 0 Å². The Morgan fingerprint density at radius 3 is 2.49 bits per heavy atom. The number of halogens is 3. The summed E-state index contributed by atoms with van der Waals surface area (Å²) in [6, 6.07) is 11.5. The number of nitriles is 1. The fourth-order valence-corrected chi connectivity index (χ4v) is 6.58. The fourth-order valence-electron chi connectivity index (χ4n) is 5.68. The Hall–Kier alpha value is -4.48. The number of nitrogens with one attached hydrogen (secondary N) is 1. The molecule has 0 radical (unpaired) electrons. The molecule has 1 N–H and O–H groups in total. The van der Waals surface area contributed by atoms with Crippen molar-refractivity contribution in [3.05, 3.63) is 77.1 Å². The van der Waals surface area contributed by atoms with Gasteiger partial charge in [0.15, 0.2) is 9.84 Å². The largest absolute Gasteiger partial charge is 0.351 e. The summed E-state index contributed by atoms with van der Waals surface area (Å²) in [4.78, 5) is 52.3. The molecule has 1 saturated heterocycles. The Labute approximate surface area is 276 Å². The van der Waals surface area contributed by atoms with Gasteiger partial charge >= 0.3 is 0 Å². The number of anilines is 2. The normalized spacial score (nSPS) is 18.5. The van der Waals surface area contributed by atoms with Gasteiger partial charge in [-0.3, -0.25) is 24.2 Å². The van der Waals surface area contributed by atoms with Crippen LogP contribution in [0.4, 0.5) is 20.4 Å². The predicted octanol–water partition coefficient (Wildman–Crippen LogP) is 5.01. The van der Waals surface area contributed by atoms with E-state index in [4.69, 9.17) is 11.6 Å². The SMILES string of the molecule is C.CS(=O)(=O)c1cccc(N(C(=O)[C@@H]2CCC(=O)N2c2nccc(C#N)n2)[C@H](C(=O)NC2CCC(F)(F)CC2)c2ccccc2Cl)c1. The topological polar surface area (TPSA) is 153 Å². The van der Waals surface area contributed by atoms with Crippen LogP contribution in [-0.4, -0.2) is 60.4 Å². The average Bonchev–Trinajstić information content (AvgIpc) is 3.42. The van der Waals surface area contributed by atoms with Crippen LogP contribution in [0.5, 0.6) is 0 Å². The molecule has 1 aliphatic heterocycles. The first-order valence-electron chi connectivity index (χ1n) is 14.4. The first kappa shape index (κ1) is 35.4. The van der Waals surface area contributed by atoms with Crippen LogP contribution in [0, 0.1) is 11.3 Å². The van der Waals surface area contributed by atoms with Crippen molar-refractivity contribution in [3.63, 3.8) is 0 Å². The molecule has 0 bridgehead atoms. The highest BCUT2D eigenvalue weighted by molar-refractivity contribution is 7.90. The minimum atomic E-state index is -3.78. The summed E-state index contributed by atoms with van der Waals surface area (Å²) in [5.41, 5.74) is 0.147. The van der Waals surface area contributed by atoms with Crippen molar-refractivity contribution in [1.29, 1.82) is 5.26 Å². The molecule has 1 saturated carbocycles. The molecular weight excluding hydrogens is 654 g/mol. The molecular formula is C32H33ClF2N6O5S. The van der Waals surface area contributed by atoms with Gasteiger partial charge in [-0.25, -0.2) is 27.2 Å². The van der Waals surface area contributed by atoms with Crippen molar-refractivity contribution in [3.8, 4) is 6.07 Å². The summed E-state index contributed by atoms with van der Waals surface area (Å²) in [5.74, 6) is -5.05. The smallest absolute Gasteiger partial charge is 0.251 e. The first-order chi connectivity index (χ1) is 21.8. The Balaban J connectivity index is 0.00000500. The van der Waals surface area contributed by atoms with Crippen LogP contribution in [-0.2, 0) is 24.2 Å². The molecule has 1 aromatic heterocycles.